The van der Waals surface area contributed by atoms with Crippen LogP contribution in [0, 0.1) is 12.7 Å². The minimum Gasteiger partial charge on any atom is -0.352 e. The van der Waals surface area contributed by atoms with Crippen molar-refractivity contribution < 1.29 is 22.4 Å². The number of sulfonamides is 1. The molecule has 40 heavy (non-hydrogen) atoms. The minimum atomic E-state index is -3.98. The van der Waals surface area contributed by atoms with Crippen LogP contribution in [0.5, 0.6) is 0 Å². The molecule has 0 saturated carbocycles. The van der Waals surface area contributed by atoms with Crippen molar-refractivity contribution in [3.8, 4) is 0 Å². The second-order valence-corrected chi connectivity index (χ2v) is 12.2. The summed E-state index contributed by atoms with van der Waals surface area (Å²) in [6, 6.07) is 19.2. The smallest absolute Gasteiger partial charge is 0.244 e. The Kier molecular flexibility index (Phi) is 10.7. The fraction of sp³-hybridized carbons (Fsp3) is 0.333. The van der Waals surface area contributed by atoms with Crippen LogP contribution < -0.4 is 9.62 Å². The lowest BCUT2D eigenvalue weighted by molar-refractivity contribution is -0.140. The summed E-state index contributed by atoms with van der Waals surface area (Å²) in [4.78, 5) is 29.2. The molecule has 3 rings (SSSR count). The van der Waals surface area contributed by atoms with Crippen LogP contribution in [0.3, 0.4) is 0 Å². The number of amides is 2. The Balaban J connectivity index is 2.08. The van der Waals surface area contributed by atoms with Crippen LogP contribution in [0.25, 0.3) is 0 Å². The van der Waals surface area contributed by atoms with E-state index in [1.807, 2.05) is 75.4 Å². The molecular formula is C30H35ClFN3O4S. The van der Waals surface area contributed by atoms with Crippen molar-refractivity contribution in [2.24, 2.45) is 0 Å². The van der Waals surface area contributed by atoms with Crippen molar-refractivity contribution in [3.05, 3.63) is 100 Å². The zero-order chi connectivity index (χ0) is 29.4. The van der Waals surface area contributed by atoms with E-state index in [0.29, 0.717) is 6.42 Å². The molecule has 3 aromatic carbocycles. The van der Waals surface area contributed by atoms with Gasteiger partial charge in [-0.25, -0.2) is 12.8 Å². The van der Waals surface area contributed by atoms with Crippen LogP contribution in [0.2, 0.25) is 5.02 Å². The number of anilines is 1. The summed E-state index contributed by atoms with van der Waals surface area (Å²) < 4.78 is 40.4. The molecule has 0 heterocycles. The Morgan fingerprint density at radius 2 is 1.68 bits per heavy atom. The van der Waals surface area contributed by atoms with Gasteiger partial charge in [0.1, 0.15) is 18.4 Å². The second kappa shape index (κ2) is 13.8. The maximum Gasteiger partial charge on any atom is 0.244 e. The fourth-order valence-corrected chi connectivity index (χ4v) is 5.24. The number of nitrogens with one attached hydrogen (secondary N) is 1. The Labute approximate surface area is 241 Å². The van der Waals surface area contributed by atoms with Gasteiger partial charge < -0.3 is 10.2 Å². The van der Waals surface area contributed by atoms with Crippen LogP contribution >= 0.6 is 11.6 Å². The average Bonchev–Trinajstić information content (AvgIpc) is 2.91. The molecule has 0 aliphatic carbocycles. The normalized spacial score (nSPS) is 12.8. The van der Waals surface area contributed by atoms with E-state index in [2.05, 4.69) is 5.32 Å². The molecule has 0 aliphatic heterocycles. The predicted octanol–water partition coefficient (Wildman–Crippen LogP) is 5.11. The topological polar surface area (TPSA) is 86.8 Å². The summed E-state index contributed by atoms with van der Waals surface area (Å²) in [5.41, 5.74) is 2.63. The van der Waals surface area contributed by atoms with Gasteiger partial charge in [0.05, 0.1) is 17.0 Å². The lowest BCUT2D eigenvalue weighted by Gasteiger charge is -2.34. The molecular weight excluding hydrogens is 553 g/mol. The number of hydrogen-bond donors (Lipinski definition) is 1. The number of nitrogens with zero attached hydrogens (tertiary/aromatic N) is 2. The molecule has 214 valence electrons. The van der Waals surface area contributed by atoms with E-state index >= 15 is 0 Å². The molecule has 2 atom stereocenters. The quantitative estimate of drug-likeness (QED) is 0.319. The maximum atomic E-state index is 14.1. The number of aryl methyl sites for hydroxylation is 1. The van der Waals surface area contributed by atoms with Gasteiger partial charge in [0.25, 0.3) is 0 Å². The molecule has 10 heteroatoms. The Morgan fingerprint density at radius 1 is 1.02 bits per heavy atom. The van der Waals surface area contributed by atoms with Gasteiger partial charge in [-0.1, -0.05) is 73.1 Å². The van der Waals surface area contributed by atoms with Gasteiger partial charge >= 0.3 is 0 Å². The fourth-order valence-electron chi connectivity index (χ4n) is 4.22. The highest BCUT2D eigenvalue weighted by Crippen LogP contribution is 2.25. The van der Waals surface area contributed by atoms with Gasteiger partial charge in [-0.05, 0) is 55.2 Å². The first kappa shape index (κ1) is 31.1. The van der Waals surface area contributed by atoms with E-state index in [-0.39, 0.29) is 35.6 Å². The lowest BCUT2D eigenvalue weighted by Crippen LogP contribution is -2.54. The first-order valence-electron chi connectivity index (χ1n) is 13.0. The van der Waals surface area contributed by atoms with Gasteiger partial charge in [-0.15, -0.1) is 0 Å². The highest BCUT2D eigenvalue weighted by Gasteiger charge is 2.33. The third kappa shape index (κ3) is 8.29. The third-order valence-corrected chi connectivity index (χ3v) is 8.17. The van der Waals surface area contributed by atoms with Crippen LogP contribution in [0.4, 0.5) is 10.1 Å². The SMILES string of the molecule is CC[C@H](C)NC(=O)[C@H](Cc1ccccc1)N(Cc1ccccc1C)C(=O)CN(c1ccc(F)c(Cl)c1)S(C)(=O)=O. The highest BCUT2D eigenvalue weighted by atomic mass is 35.5. The van der Waals surface area contributed by atoms with Crippen LogP contribution in [0.15, 0.2) is 72.8 Å². The van der Waals surface area contributed by atoms with Crippen molar-refractivity contribution >= 4 is 39.1 Å². The molecule has 2 amide bonds. The largest absolute Gasteiger partial charge is 0.352 e. The summed E-state index contributed by atoms with van der Waals surface area (Å²) in [6.45, 7) is 5.22. The Hall–Kier alpha value is -3.43. The molecule has 7 nitrogen and oxygen atoms in total. The third-order valence-electron chi connectivity index (χ3n) is 6.74. The van der Waals surface area contributed by atoms with Crippen molar-refractivity contribution in [2.75, 3.05) is 17.1 Å². The summed E-state index contributed by atoms with van der Waals surface area (Å²) in [5.74, 6) is -1.64. The second-order valence-electron chi connectivity index (χ2n) is 9.84. The van der Waals surface area contributed by atoms with Crippen molar-refractivity contribution in [1.82, 2.24) is 10.2 Å². The van der Waals surface area contributed by atoms with Gasteiger partial charge in [0.15, 0.2) is 0 Å². The van der Waals surface area contributed by atoms with Gasteiger partial charge in [-0.2, -0.15) is 0 Å². The van der Waals surface area contributed by atoms with Crippen molar-refractivity contribution in [1.29, 1.82) is 0 Å². The molecule has 0 spiro atoms. The number of carbonyl (C=O) groups excluding carboxylic acids is 2. The van der Waals surface area contributed by atoms with E-state index in [0.717, 1.165) is 39.4 Å². The number of halogens is 2. The number of carbonyl (C=O) groups is 2. The minimum absolute atomic E-state index is 0.0433. The standard InChI is InChI=1S/C30H35ClFN3O4S/c1-5-22(3)33-30(37)28(17-23-12-7-6-8-13-23)34(19-24-14-10-9-11-21(24)2)29(36)20-35(40(4,38)39)25-15-16-27(32)26(31)18-25/h6-16,18,22,28H,5,17,19-20H2,1-4H3,(H,33,37)/t22-,28-/m0/s1. The van der Waals surface area contributed by atoms with Gasteiger partial charge in [0.2, 0.25) is 21.8 Å². The monoisotopic (exact) mass is 587 g/mol. The molecule has 0 saturated heterocycles. The molecule has 1 N–H and O–H groups in total. The number of benzene rings is 3. The van der Waals surface area contributed by atoms with E-state index in [1.54, 1.807) is 0 Å². The summed E-state index contributed by atoms with van der Waals surface area (Å²) in [7, 11) is -3.98. The van der Waals surface area contributed by atoms with E-state index in [9.17, 15) is 22.4 Å². The zero-order valence-electron chi connectivity index (χ0n) is 23.1. The molecule has 0 bridgehead atoms. The van der Waals surface area contributed by atoms with E-state index in [4.69, 9.17) is 11.6 Å². The van der Waals surface area contributed by atoms with E-state index in [1.165, 1.54) is 11.0 Å². The van der Waals surface area contributed by atoms with Crippen LogP contribution in [0.1, 0.15) is 37.0 Å². The summed E-state index contributed by atoms with van der Waals surface area (Å²) in [6.07, 6.45) is 1.88. The van der Waals surface area contributed by atoms with Gasteiger partial charge in [0, 0.05) is 19.0 Å². The summed E-state index contributed by atoms with van der Waals surface area (Å²) in [5, 5.41) is 2.72. The van der Waals surface area contributed by atoms with E-state index < -0.39 is 34.3 Å². The maximum absolute atomic E-state index is 14.1. The van der Waals surface area contributed by atoms with Crippen molar-refractivity contribution in [3.63, 3.8) is 0 Å². The lowest BCUT2D eigenvalue weighted by atomic mass is 10.0. The predicted molar refractivity (Wildman–Crippen MR) is 157 cm³/mol. The molecule has 0 aliphatic rings. The zero-order valence-corrected chi connectivity index (χ0v) is 24.7. The van der Waals surface area contributed by atoms with Crippen LogP contribution in [-0.2, 0) is 32.6 Å². The molecule has 0 unspecified atom stereocenters. The molecule has 0 radical (unpaired) electrons. The molecule has 0 fully saturated rings. The Morgan fingerprint density at radius 3 is 2.27 bits per heavy atom. The summed E-state index contributed by atoms with van der Waals surface area (Å²) >= 11 is 5.93. The first-order valence-corrected chi connectivity index (χ1v) is 15.2. The van der Waals surface area contributed by atoms with Crippen LogP contribution in [-0.4, -0.2) is 50.0 Å². The highest BCUT2D eigenvalue weighted by molar-refractivity contribution is 7.92. The van der Waals surface area contributed by atoms with Gasteiger partial charge in [-0.3, -0.25) is 13.9 Å². The first-order chi connectivity index (χ1) is 18.9. The average molecular weight is 588 g/mol. The number of hydrogen-bond acceptors (Lipinski definition) is 4. The molecule has 0 aromatic heterocycles. The Bertz CT molecular complexity index is 1440. The van der Waals surface area contributed by atoms with Crippen molar-refractivity contribution in [2.45, 2.75) is 52.2 Å². The molecule has 3 aromatic rings. The number of rotatable bonds is 12.